The minimum atomic E-state index is -0.319. The fraction of sp³-hybridized carbons (Fsp3) is 0.333. The molecule has 0 aromatic heterocycles. The summed E-state index contributed by atoms with van der Waals surface area (Å²) < 4.78 is 4.63. The second kappa shape index (κ2) is 4.75. The number of ether oxygens (including phenoxy) is 1. The molecule has 0 saturated heterocycles. The summed E-state index contributed by atoms with van der Waals surface area (Å²) in [5.74, 6) is -0.484. The Bertz CT molecular complexity index is 485. The molecular weight excluding hydrogens is 242 g/mol. The number of benzene rings is 1. The fourth-order valence-electron chi connectivity index (χ4n) is 2.16. The van der Waals surface area contributed by atoms with Crippen LogP contribution in [0.5, 0.6) is 0 Å². The average molecular weight is 254 g/mol. The third-order valence-electron chi connectivity index (χ3n) is 2.98. The van der Waals surface area contributed by atoms with E-state index in [0.717, 1.165) is 11.1 Å². The summed E-state index contributed by atoms with van der Waals surface area (Å²) in [6, 6.07) is 5.43. The highest BCUT2D eigenvalue weighted by atomic mass is 35.5. The van der Waals surface area contributed by atoms with Gasteiger partial charge >= 0.3 is 5.97 Å². The molecule has 0 heterocycles. The fourth-order valence-corrected chi connectivity index (χ4v) is 2.41. The predicted octanol–water partition coefficient (Wildman–Crippen LogP) is 2.25. The van der Waals surface area contributed by atoms with Gasteiger partial charge in [-0.2, -0.15) is 0 Å². The van der Waals surface area contributed by atoms with Crippen molar-refractivity contribution in [3.05, 3.63) is 34.3 Å². The Morgan fingerprint density at radius 3 is 3.06 bits per heavy atom. The van der Waals surface area contributed by atoms with Gasteiger partial charge in [0.15, 0.2) is 0 Å². The average Bonchev–Trinajstić information content (AvgIpc) is 2.68. The van der Waals surface area contributed by atoms with Crippen LogP contribution < -0.4 is 0 Å². The van der Waals surface area contributed by atoms with Gasteiger partial charge in [-0.05, 0) is 18.1 Å². The van der Waals surface area contributed by atoms with Crippen molar-refractivity contribution in [2.24, 2.45) is 11.1 Å². The van der Waals surface area contributed by atoms with Crippen LogP contribution in [0.1, 0.15) is 17.5 Å². The summed E-state index contributed by atoms with van der Waals surface area (Å²) in [7, 11) is 1.34. The molecule has 5 heteroatoms. The second-order valence-electron chi connectivity index (χ2n) is 3.93. The predicted molar refractivity (Wildman–Crippen MR) is 63.6 cm³/mol. The molecule has 0 amide bonds. The molecule has 1 aliphatic rings. The zero-order valence-corrected chi connectivity index (χ0v) is 10.1. The summed E-state index contributed by atoms with van der Waals surface area (Å²) in [5.41, 5.74) is 2.25. The number of fused-ring (bicyclic) bond motifs is 1. The third kappa shape index (κ3) is 2.13. The van der Waals surface area contributed by atoms with Crippen LogP contribution in [0.3, 0.4) is 0 Å². The van der Waals surface area contributed by atoms with Gasteiger partial charge in [-0.3, -0.25) is 4.79 Å². The van der Waals surface area contributed by atoms with E-state index in [1.807, 2.05) is 6.07 Å². The van der Waals surface area contributed by atoms with Crippen LogP contribution in [0.25, 0.3) is 0 Å². The summed E-state index contributed by atoms with van der Waals surface area (Å²) in [6.45, 7) is 0. The van der Waals surface area contributed by atoms with E-state index in [-0.39, 0.29) is 18.3 Å². The van der Waals surface area contributed by atoms with Crippen molar-refractivity contribution in [2.75, 3.05) is 7.11 Å². The van der Waals surface area contributed by atoms with Gasteiger partial charge in [0.1, 0.15) is 0 Å². The largest absolute Gasteiger partial charge is 0.469 e. The standard InChI is InChI=1S/C12H12ClNO3/c1-17-11(15)6-7-5-9-8(12(7)14-16)3-2-4-10(9)13/h2-4,7,16H,5-6H2,1H3/b14-12+. The molecule has 0 bridgehead atoms. The number of hydrogen-bond acceptors (Lipinski definition) is 4. The van der Waals surface area contributed by atoms with Crippen molar-refractivity contribution in [1.82, 2.24) is 0 Å². The number of oxime groups is 1. The smallest absolute Gasteiger partial charge is 0.306 e. The summed E-state index contributed by atoms with van der Waals surface area (Å²) in [6.07, 6.45) is 0.796. The maximum Gasteiger partial charge on any atom is 0.306 e. The Balaban J connectivity index is 2.32. The van der Waals surface area contributed by atoms with Gasteiger partial charge in [0, 0.05) is 16.5 Å². The minimum absolute atomic E-state index is 0.164. The molecule has 1 aromatic carbocycles. The maximum absolute atomic E-state index is 11.3. The molecule has 0 saturated carbocycles. The molecule has 90 valence electrons. The number of hydrogen-bond donors (Lipinski definition) is 1. The Kier molecular flexibility index (Phi) is 3.33. The second-order valence-corrected chi connectivity index (χ2v) is 4.34. The Hall–Kier alpha value is -1.55. The molecule has 1 aliphatic carbocycles. The van der Waals surface area contributed by atoms with E-state index in [1.165, 1.54) is 7.11 Å². The molecule has 2 rings (SSSR count). The number of esters is 1. The Morgan fingerprint density at radius 1 is 1.65 bits per heavy atom. The quantitative estimate of drug-likeness (QED) is 0.500. The Morgan fingerprint density at radius 2 is 2.41 bits per heavy atom. The lowest BCUT2D eigenvalue weighted by atomic mass is 10.0. The highest BCUT2D eigenvalue weighted by Crippen LogP contribution is 2.34. The van der Waals surface area contributed by atoms with E-state index in [4.69, 9.17) is 16.8 Å². The third-order valence-corrected chi connectivity index (χ3v) is 3.33. The van der Waals surface area contributed by atoms with Crippen LogP contribution in [0, 0.1) is 5.92 Å². The first kappa shape index (κ1) is 11.9. The van der Waals surface area contributed by atoms with E-state index >= 15 is 0 Å². The lowest BCUT2D eigenvalue weighted by Crippen LogP contribution is -2.16. The lowest BCUT2D eigenvalue weighted by Gasteiger charge is -2.07. The van der Waals surface area contributed by atoms with Crippen LogP contribution in [0.4, 0.5) is 0 Å². The highest BCUT2D eigenvalue weighted by Gasteiger charge is 2.32. The number of carbonyl (C=O) groups is 1. The van der Waals surface area contributed by atoms with Gasteiger partial charge in [0.05, 0.1) is 19.2 Å². The van der Waals surface area contributed by atoms with Crippen LogP contribution in [-0.2, 0) is 16.0 Å². The maximum atomic E-state index is 11.3. The molecule has 17 heavy (non-hydrogen) atoms. The van der Waals surface area contributed by atoms with Gasteiger partial charge in [-0.15, -0.1) is 0 Å². The summed E-state index contributed by atoms with van der Waals surface area (Å²) in [5, 5.41) is 13.0. The van der Waals surface area contributed by atoms with Gasteiger partial charge in [0.2, 0.25) is 0 Å². The zero-order valence-electron chi connectivity index (χ0n) is 9.31. The van der Waals surface area contributed by atoms with Crippen molar-refractivity contribution in [1.29, 1.82) is 0 Å². The first-order chi connectivity index (χ1) is 8.17. The molecule has 0 radical (unpaired) electrons. The monoisotopic (exact) mass is 253 g/mol. The molecule has 1 atom stereocenters. The molecule has 0 spiro atoms. The first-order valence-corrected chi connectivity index (χ1v) is 5.61. The van der Waals surface area contributed by atoms with Crippen molar-refractivity contribution >= 4 is 23.3 Å². The highest BCUT2D eigenvalue weighted by molar-refractivity contribution is 6.32. The van der Waals surface area contributed by atoms with E-state index in [0.29, 0.717) is 17.2 Å². The van der Waals surface area contributed by atoms with Crippen LogP contribution >= 0.6 is 11.6 Å². The molecule has 0 fully saturated rings. The van der Waals surface area contributed by atoms with Crippen LogP contribution in [0.15, 0.2) is 23.4 Å². The van der Waals surface area contributed by atoms with E-state index in [1.54, 1.807) is 12.1 Å². The van der Waals surface area contributed by atoms with Crippen LogP contribution in [-0.4, -0.2) is 24.0 Å². The number of carbonyl (C=O) groups excluding carboxylic acids is 1. The van der Waals surface area contributed by atoms with E-state index in [2.05, 4.69) is 9.89 Å². The van der Waals surface area contributed by atoms with E-state index in [9.17, 15) is 4.79 Å². The number of methoxy groups -OCH3 is 1. The molecular formula is C12H12ClNO3. The van der Waals surface area contributed by atoms with Crippen molar-refractivity contribution in [3.8, 4) is 0 Å². The molecule has 1 N–H and O–H groups in total. The van der Waals surface area contributed by atoms with Gasteiger partial charge in [-0.25, -0.2) is 0 Å². The van der Waals surface area contributed by atoms with E-state index < -0.39 is 0 Å². The number of halogens is 1. The summed E-state index contributed by atoms with van der Waals surface area (Å²) >= 11 is 6.07. The molecule has 0 aliphatic heterocycles. The normalized spacial score (nSPS) is 20.4. The molecule has 1 unspecified atom stereocenters. The zero-order chi connectivity index (χ0) is 12.4. The SMILES string of the molecule is COC(=O)CC1Cc2c(Cl)cccc2/C1=N/O. The Labute approximate surface area is 104 Å². The van der Waals surface area contributed by atoms with Gasteiger partial charge in [-0.1, -0.05) is 28.9 Å². The van der Waals surface area contributed by atoms with Crippen molar-refractivity contribution in [2.45, 2.75) is 12.8 Å². The molecule has 4 nitrogen and oxygen atoms in total. The van der Waals surface area contributed by atoms with Crippen molar-refractivity contribution < 1.29 is 14.7 Å². The lowest BCUT2D eigenvalue weighted by molar-refractivity contribution is -0.141. The first-order valence-electron chi connectivity index (χ1n) is 5.24. The van der Waals surface area contributed by atoms with Crippen molar-refractivity contribution in [3.63, 3.8) is 0 Å². The topological polar surface area (TPSA) is 58.9 Å². The van der Waals surface area contributed by atoms with Gasteiger partial charge in [0.25, 0.3) is 0 Å². The number of rotatable bonds is 2. The number of nitrogens with zero attached hydrogens (tertiary/aromatic N) is 1. The van der Waals surface area contributed by atoms with Crippen LogP contribution in [0.2, 0.25) is 5.02 Å². The molecule has 1 aromatic rings. The summed E-state index contributed by atoms with van der Waals surface area (Å²) in [4.78, 5) is 11.3. The van der Waals surface area contributed by atoms with Gasteiger partial charge < -0.3 is 9.94 Å². The minimum Gasteiger partial charge on any atom is -0.469 e.